The highest BCUT2D eigenvalue weighted by atomic mass is 32.2. The van der Waals surface area contributed by atoms with Gasteiger partial charge in [0.2, 0.25) is 0 Å². The average molecular weight is 336 g/mol. The van der Waals surface area contributed by atoms with E-state index in [1.54, 1.807) is 6.92 Å². The lowest BCUT2D eigenvalue weighted by molar-refractivity contribution is 0.0993. The number of hydrogen-bond donors (Lipinski definition) is 0. The van der Waals surface area contributed by atoms with E-state index in [0.717, 1.165) is 22.3 Å². The Kier molecular flexibility index (Phi) is 4.17. The van der Waals surface area contributed by atoms with Crippen LogP contribution < -0.4 is 0 Å². The molecule has 3 rings (SSSR count). The van der Waals surface area contributed by atoms with Crippen LogP contribution in [-0.4, -0.2) is 21.0 Å². The van der Waals surface area contributed by atoms with E-state index in [2.05, 4.69) is 9.97 Å². The lowest BCUT2D eigenvalue weighted by Gasteiger charge is -2.10. The summed E-state index contributed by atoms with van der Waals surface area (Å²) >= 11 is 2.78. The summed E-state index contributed by atoms with van der Waals surface area (Å²) in [6.07, 6.45) is 1.45. The molecule has 0 aliphatic carbocycles. The molecule has 0 saturated carbocycles. The molecule has 22 heavy (non-hydrogen) atoms. The van der Waals surface area contributed by atoms with Crippen LogP contribution in [0.15, 0.2) is 41.0 Å². The van der Waals surface area contributed by atoms with Gasteiger partial charge in [-0.2, -0.15) is 0 Å². The van der Waals surface area contributed by atoms with E-state index in [-0.39, 0.29) is 11.3 Å². The highest BCUT2D eigenvalue weighted by molar-refractivity contribution is 8.00. The molecule has 0 spiro atoms. The SMILES string of the molecule is CC(Sc1ncnc2sccc12)C(=O)c1ccc(F)c(F)c1. The maximum absolute atomic E-state index is 13.2. The van der Waals surface area contributed by atoms with Crippen LogP contribution >= 0.6 is 23.1 Å². The van der Waals surface area contributed by atoms with Gasteiger partial charge in [-0.05, 0) is 36.6 Å². The van der Waals surface area contributed by atoms with E-state index in [4.69, 9.17) is 0 Å². The predicted molar refractivity (Wildman–Crippen MR) is 83.4 cm³/mol. The van der Waals surface area contributed by atoms with E-state index in [1.165, 1.54) is 35.5 Å². The summed E-state index contributed by atoms with van der Waals surface area (Å²) in [4.78, 5) is 21.5. The normalized spacial score (nSPS) is 12.5. The van der Waals surface area contributed by atoms with Crippen molar-refractivity contribution in [3.05, 3.63) is 53.2 Å². The van der Waals surface area contributed by atoms with Crippen LogP contribution in [-0.2, 0) is 0 Å². The molecule has 0 aliphatic rings. The summed E-state index contributed by atoms with van der Waals surface area (Å²) in [5, 5.41) is 3.03. The molecule has 0 aliphatic heterocycles. The van der Waals surface area contributed by atoms with Gasteiger partial charge >= 0.3 is 0 Å². The van der Waals surface area contributed by atoms with Crippen molar-refractivity contribution >= 4 is 39.1 Å². The Bertz CT molecular complexity index is 850. The second-order valence-corrected chi connectivity index (χ2v) is 6.80. The minimum absolute atomic E-state index is 0.148. The van der Waals surface area contributed by atoms with Crippen molar-refractivity contribution in [1.29, 1.82) is 0 Å². The van der Waals surface area contributed by atoms with Crippen molar-refractivity contribution in [2.75, 3.05) is 0 Å². The predicted octanol–water partition coefficient (Wildman–Crippen LogP) is 4.33. The number of Topliss-reactive ketones (excluding diaryl/α,β-unsaturated/α-hetero) is 1. The Balaban J connectivity index is 1.84. The summed E-state index contributed by atoms with van der Waals surface area (Å²) in [5.74, 6) is -2.26. The third-order valence-corrected chi connectivity index (χ3v) is 5.02. The number of halogens is 2. The third-order valence-electron chi connectivity index (χ3n) is 3.09. The zero-order chi connectivity index (χ0) is 15.7. The molecule has 0 amide bonds. The second kappa shape index (κ2) is 6.10. The van der Waals surface area contributed by atoms with E-state index < -0.39 is 16.9 Å². The number of fused-ring (bicyclic) bond motifs is 1. The summed E-state index contributed by atoms with van der Waals surface area (Å²) < 4.78 is 26.2. The molecule has 0 bridgehead atoms. The number of benzene rings is 1. The number of rotatable bonds is 4. The molecule has 112 valence electrons. The first kappa shape index (κ1) is 15.1. The third kappa shape index (κ3) is 2.86. The van der Waals surface area contributed by atoms with Gasteiger partial charge in [0.05, 0.1) is 5.25 Å². The van der Waals surface area contributed by atoms with E-state index in [1.807, 2.05) is 11.4 Å². The first-order valence-corrected chi connectivity index (χ1v) is 8.16. The van der Waals surface area contributed by atoms with E-state index in [9.17, 15) is 13.6 Å². The van der Waals surface area contributed by atoms with Crippen molar-refractivity contribution in [3.63, 3.8) is 0 Å². The number of ketones is 1. The Hall–Kier alpha value is -1.86. The van der Waals surface area contributed by atoms with Gasteiger partial charge in [-0.1, -0.05) is 11.8 Å². The summed E-state index contributed by atoms with van der Waals surface area (Å²) in [6, 6.07) is 5.08. The van der Waals surface area contributed by atoms with Crippen molar-refractivity contribution in [1.82, 2.24) is 9.97 Å². The largest absolute Gasteiger partial charge is 0.293 e. The molecule has 0 saturated heterocycles. The molecule has 1 aromatic carbocycles. The number of hydrogen-bond acceptors (Lipinski definition) is 5. The Morgan fingerprint density at radius 2 is 2.05 bits per heavy atom. The monoisotopic (exact) mass is 336 g/mol. The van der Waals surface area contributed by atoms with Gasteiger partial charge in [0.15, 0.2) is 17.4 Å². The molecule has 1 unspecified atom stereocenters. The van der Waals surface area contributed by atoms with Gasteiger partial charge in [0.25, 0.3) is 0 Å². The van der Waals surface area contributed by atoms with Crippen LogP contribution in [0.2, 0.25) is 0 Å². The Labute approximate surface area is 133 Å². The number of thioether (sulfide) groups is 1. The molecule has 3 aromatic rings. The van der Waals surface area contributed by atoms with Gasteiger partial charge < -0.3 is 0 Å². The topological polar surface area (TPSA) is 42.9 Å². The maximum Gasteiger partial charge on any atom is 0.176 e. The van der Waals surface area contributed by atoms with Gasteiger partial charge in [-0.25, -0.2) is 18.7 Å². The van der Waals surface area contributed by atoms with E-state index >= 15 is 0 Å². The zero-order valence-corrected chi connectivity index (χ0v) is 13.0. The molecule has 1 atom stereocenters. The first-order chi connectivity index (χ1) is 10.6. The van der Waals surface area contributed by atoms with Crippen LogP contribution in [0.4, 0.5) is 8.78 Å². The summed E-state index contributed by atoms with van der Waals surface area (Å²) in [5.41, 5.74) is 0.148. The molecule has 2 aromatic heterocycles. The lowest BCUT2D eigenvalue weighted by atomic mass is 10.1. The van der Waals surface area contributed by atoms with Gasteiger partial charge in [-0.15, -0.1) is 11.3 Å². The Morgan fingerprint density at radius 3 is 2.82 bits per heavy atom. The number of thiophene rings is 1. The molecule has 2 heterocycles. The number of nitrogens with zero attached hydrogens (tertiary/aromatic N) is 2. The highest BCUT2D eigenvalue weighted by Gasteiger charge is 2.20. The Morgan fingerprint density at radius 1 is 1.23 bits per heavy atom. The summed E-state index contributed by atoms with van der Waals surface area (Å²) in [6.45, 7) is 1.72. The number of carbonyl (C=O) groups is 1. The standard InChI is InChI=1S/C15H10F2N2OS2/c1-8(13(20)9-2-3-11(16)12(17)6-9)22-15-10-4-5-21-14(10)18-7-19-15/h2-8H,1H3. The zero-order valence-electron chi connectivity index (χ0n) is 11.4. The highest BCUT2D eigenvalue weighted by Crippen LogP contribution is 2.31. The van der Waals surface area contributed by atoms with E-state index in [0.29, 0.717) is 5.03 Å². The van der Waals surface area contributed by atoms with Gasteiger partial charge in [0, 0.05) is 10.9 Å². The number of carbonyl (C=O) groups excluding carboxylic acids is 1. The van der Waals surface area contributed by atoms with Gasteiger partial charge in [0.1, 0.15) is 16.2 Å². The van der Waals surface area contributed by atoms with Crippen LogP contribution in [0, 0.1) is 11.6 Å². The lowest BCUT2D eigenvalue weighted by Crippen LogP contribution is -2.14. The molecule has 3 nitrogen and oxygen atoms in total. The van der Waals surface area contributed by atoms with Crippen molar-refractivity contribution in [2.24, 2.45) is 0 Å². The summed E-state index contributed by atoms with van der Waals surface area (Å²) in [7, 11) is 0. The first-order valence-electron chi connectivity index (χ1n) is 6.40. The van der Waals surface area contributed by atoms with Crippen molar-refractivity contribution in [2.45, 2.75) is 17.2 Å². The van der Waals surface area contributed by atoms with Crippen LogP contribution in [0.5, 0.6) is 0 Å². The minimum Gasteiger partial charge on any atom is -0.293 e. The fourth-order valence-electron chi connectivity index (χ4n) is 1.97. The van der Waals surface area contributed by atoms with Crippen LogP contribution in [0.25, 0.3) is 10.2 Å². The maximum atomic E-state index is 13.2. The minimum atomic E-state index is -1.02. The number of aromatic nitrogens is 2. The molecular formula is C15H10F2N2OS2. The molecular weight excluding hydrogens is 326 g/mol. The fourth-order valence-corrected chi connectivity index (χ4v) is 3.74. The fraction of sp³-hybridized carbons (Fsp3) is 0.133. The van der Waals surface area contributed by atoms with Crippen LogP contribution in [0.1, 0.15) is 17.3 Å². The van der Waals surface area contributed by atoms with Crippen molar-refractivity contribution in [3.8, 4) is 0 Å². The van der Waals surface area contributed by atoms with Crippen LogP contribution in [0.3, 0.4) is 0 Å². The average Bonchev–Trinajstić information content (AvgIpc) is 2.99. The molecule has 0 fully saturated rings. The molecule has 0 N–H and O–H groups in total. The quantitative estimate of drug-likeness (QED) is 0.404. The second-order valence-electron chi connectivity index (χ2n) is 4.57. The smallest absolute Gasteiger partial charge is 0.176 e. The van der Waals surface area contributed by atoms with Gasteiger partial charge in [-0.3, -0.25) is 4.79 Å². The molecule has 0 radical (unpaired) electrons. The molecule has 7 heteroatoms. The van der Waals surface area contributed by atoms with Crippen molar-refractivity contribution < 1.29 is 13.6 Å².